The lowest BCUT2D eigenvalue weighted by molar-refractivity contribution is 0.162. The number of aromatic nitrogens is 4. The molecule has 3 atom stereocenters. The van der Waals surface area contributed by atoms with E-state index in [0.717, 1.165) is 13.2 Å². The SMILES string of the molecule is Fc1ccc(Nc2nc(NC3[C@H]4COC[C@@H]34)nc(-c3ccccc3F)n2)cn1. The average Bonchev–Trinajstić information content (AvgIpc) is 3.11. The van der Waals surface area contributed by atoms with Crippen LogP contribution in [0.2, 0.25) is 0 Å². The number of ether oxygens (including phenoxy) is 1. The van der Waals surface area contributed by atoms with Gasteiger partial charge in [0, 0.05) is 17.9 Å². The van der Waals surface area contributed by atoms with Gasteiger partial charge in [0.05, 0.1) is 30.7 Å². The minimum absolute atomic E-state index is 0.204. The first-order valence-corrected chi connectivity index (χ1v) is 8.91. The maximum atomic E-state index is 14.3. The van der Waals surface area contributed by atoms with Crippen LogP contribution in [0.25, 0.3) is 11.4 Å². The van der Waals surface area contributed by atoms with Gasteiger partial charge in [0.1, 0.15) is 5.82 Å². The first-order valence-electron chi connectivity index (χ1n) is 8.91. The summed E-state index contributed by atoms with van der Waals surface area (Å²) in [5.74, 6) is 0.660. The van der Waals surface area contributed by atoms with Crippen molar-refractivity contribution in [3.05, 3.63) is 54.4 Å². The molecule has 3 aromatic rings. The fourth-order valence-corrected chi connectivity index (χ4v) is 3.44. The average molecular weight is 382 g/mol. The second-order valence-corrected chi connectivity index (χ2v) is 6.82. The van der Waals surface area contributed by atoms with Crippen LogP contribution in [0.4, 0.5) is 26.4 Å². The second kappa shape index (κ2) is 6.75. The van der Waals surface area contributed by atoms with Crippen LogP contribution >= 0.6 is 0 Å². The predicted molar refractivity (Wildman–Crippen MR) is 97.9 cm³/mol. The highest BCUT2D eigenvalue weighted by molar-refractivity contribution is 5.61. The number of pyridine rings is 1. The van der Waals surface area contributed by atoms with E-state index in [2.05, 4.69) is 30.6 Å². The van der Waals surface area contributed by atoms with Crippen molar-refractivity contribution in [3.8, 4) is 11.4 Å². The number of anilines is 3. The Balaban J connectivity index is 1.48. The van der Waals surface area contributed by atoms with E-state index in [1.165, 1.54) is 24.4 Å². The van der Waals surface area contributed by atoms with Crippen LogP contribution in [0.5, 0.6) is 0 Å². The summed E-state index contributed by atoms with van der Waals surface area (Å²) in [5.41, 5.74) is 0.780. The molecule has 9 heteroatoms. The number of rotatable bonds is 5. The number of nitrogens with zero attached hydrogens (tertiary/aromatic N) is 4. The Morgan fingerprint density at radius 2 is 1.71 bits per heavy atom. The highest BCUT2D eigenvalue weighted by Gasteiger charge is 2.54. The molecule has 0 amide bonds. The minimum Gasteiger partial charge on any atom is -0.381 e. The van der Waals surface area contributed by atoms with Crippen LogP contribution in [0.15, 0.2) is 42.6 Å². The van der Waals surface area contributed by atoms with E-state index in [-0.39, 0.29) is 23.4 Å². The molecule has 1 aromatic carbocycles. The zero-order chi connectivity index (χ0) is 19.1. The van der Waals surface area contributed by atoms with Gasteiger partial charge < -0.3 is 15.4 Å². The van der Waals surface area contributed by atoms with Crippen molar-refractivity contribution >= 4 is 17.6 Å². The van der Waals surface area contributed by atoms with Gasteiger partial charge in [-0.05, 0) is 24.3 Å². The van der Waals surface area contributed by atoms with Crippen LogP contribution in [-0.2, 0) is 4.74 Å². The first kappa shape index (κ1) is 16.9. The smallest absolute Gasteiger partial charge is 0.232 e. The Bertz CT molecular complexity index is 1010. The molecule has 2 fully saturated rings. The molecule has 28 heavy (non-hydrogen) atoms. The molecule has 0 radical (unpaired) electrons. The molecule has 0 spiro atoms. The Morgan fingerprint density at radius 1 is 0.929 bits per heavy atom. The maximum Gasteiger partial charge on any atom is 0.232 e. The maximum absolute atomic E-state index is 14.3. The van der Waals surface area contributed by atoms with E-state index in [1.54, 1.807) is 18.2 Å². The van der Waals surface area contributed by atoms with Gasteiger partial charge in [-0.1, -0.05) is 12.1 Å². The van der Waals surface area contributed by atoms with Crippen molar-refractivity contribution < 1.29 is 13.5 Å². The number of hydrogen-bond donors (Lipinski definition) is 2. The Labute approximate surface area is 159 Å². The summed E-state index contributed by atoms with van der Waals surface area (Å²) >= 11 is 0. The normalized spacial score (nSPS) is 22.6. The van der Waals surface area contributed by atoms with Crippen molar-refractivity contribution in [2.45, 2.75) is 6.04 Å². The van der Waals surface area contributed by atoms with Gasteiger partial charge in [-0.15, -0.1) is 0 Å². The van der Waals surface area contributed by atoms with Crippen LogP contribution in [-0.4, -0.2) is 39.2 Å². The lowest BCUT2D eigenvalue weighted by Gasteiger charge is -2.12. The largest absolute Gasteiger partial charge is 0.381 e. The predicted octanol–water partition coefficient (Wildman–Crippen LogP) is 3.01. The summed E-state index contributed by atoms with van der Waals surface area (Å²) < 4.78 is 32.7. The second-order valence-electron chi connectivity index (χ2n) is 6.82. The first-order chi connectivity index (χ1) is 13.7. The molecule has 0 bridgehead atoms. The zero-order valence-corrected chi connectivity index (χ0v) is 14.6. The summed E-state index contributed by atoms with van der Waals surface area (Å²) in [7, 11) is 0. The number of benzene rings is 1. The van der Waals surface area contributed by atoms with Crippen molar-refractivity contribution in [3.63, 3.8) is 0 Å². The summed E-state index contributed by atoms with van der Waals surface area (Å²) in [6.07, 6.45) is 1.33. The standard InChI is InChI=1S/C19H16F2N6O/c20-14-4-2-1-3-11(14)17-25-18(23-10-5-6-15(21)22-7-10)27-19(26-17)24-16-12-8-28-9-13(12)16/h1-7,12-13,16H,8-9H2,(H2,23,24,25,26,27)/t12-,13+,16?. The molecule has 142 valence electrons. The van der Waals surface area contributed by atoms with E-state index in [4.69, 9.17) is 4.74 Å². The molecule has 1 saturated heterocycles. The molecule has 7 nitrogen and oxygen atoms in total. The molecule has 1 saturated carbocycles. The molecule has 5 rings (SSSR count). The Morgan fingerprint density at radius 3 is 2.46 bits per heavy atom. The Hall–Kier alpha value is -3.20. The third-order valence-corrected chi connectivity index (χ3v) is 4.98. The summed E-state index contributed by atoms with van der Waals surface area (Å²) in [4.78, 5) is 16.7. The molecule has 1 aliphatic carbocycles. The van der Waals surface area contributed by atoms with Crippen molar-refractivity contribution in [2.24, 2.45) is 11.8 Å². The molecule has 3 heterocycles. The third-order valence-electron chi connectivity index (χ3n) is 4.98. The number of fused-ring (bicyclic) bond motifs is 1. The fourth-order valence-electron chi connectivity index (χ4n) is 3.44. The van der Waals surface area contributed by atoms with E-state index in [0.29, 0.717) is 23.5 Å². The lowest BCUT2D eigenvalue weighted by Crippen LogP contribution is -2.16. The monoisotopic (exact) mass is 382 g/mol. The van der Waals surface area contributed by atoms with E-state index in [1.807, 2.05) is 0 Å². The topological polar surface area (TPSA) is 84.9 Å². The molecule has 2 aliphatic rings. The van der Waals surface area contributed by atoms with E-state index < -0.39 is 11.8 Å². The number of nitrogens with one attached hydrogen (secondary N) is 2. The van der Waals surface area contributed by atoms with Crippen molar-refractivity contribution in [1.29, 1.82) is 0 Å². The van der Waals surface area contributed by atoms with Crippen LogP contribution in [0.3, 0.4) is 0 Å². The van der Waals surface area contributed by atoms with Crippen LogP contribution in [0, 0.1) is 23.6 Å². The molecular weight excluding hydrogens is 366 g/mol. The van der Waals surface area contributed by atoms with Gasteiger partial charge in [-0.3, -0.25) is 0 Å². The summed E-state index contributed by atoms with van der Waals surface area (Å²) in [6, 6.07) is 9.27. The van der Waals surface area contributed by atoms with Crippen molar-refractivity contribution in [2.75, 3.05) is 23.8 Å². The third kappa shape index (κ3) is 3.24. The molecule has 2 aromatic heterocycles. The van der Waals surface area contributed by atoms with Gasteiger partial charge in [-0.25, -0.2) is 9.37 Å². The lowest BCUT2D eigenvalue weighted by atomic mass is 10.2. The van der Waals surface area contributed by atoms with Crippen molar-refractivity contribution in [1.82, 2.24) is 19.9 Å². The van der Waals surface area contributed by atoms with Gasteiger partial charge >= 0.3 is 0 Å². The highest BCUT2D eigenvalue weighted by atomic mass is 19.1. The molecule has 1 unspecified atom stereocenters. The highest BCUT2D eigenvalue weighted by Crippen LogP contribution is 2.45. The zero-order valence-electron chi connectivity index (χ0n) is 14.6. The van der Waals surface area contributed by atoms with E-state index >= 15 is 0 Å². The van der Waals surface area contributed by atoms with Gasteiger partial charge in [0.25, 0.3) is 0 Å². The molecule has 1 aliphatic heterocycles. The van der Waals surface area contributed by atoms with Gasteiger partial charge in [0.2, 0.25) is 17.8 Å². The number of halogens is 2. The van der Waals surface area contributed by atoms with Gasteiger partial charge in [0.15, 0.2) is 5.82 Å². The summed E-state index contributed by atoms with van der Waals surface area (Å²) in [5, 5.41) is 6.27. The quantitative estimate of drug-likeness (QED) is 0.656. The Kier molecular flexibility index (Phi) is 4.09. The number of hydrogen-bond acceptors (Lipinski definition) is 7. The minimum atomic E-state index is -0.585. The van der Waals surface area contributed by atoms with Crippen LogP contribution < -0.4 is 10.6 Å². The molecule has 2 N–H and O–H groups in total. The van der Waals surface area contributed by atoms with Gasteiger partial charge in [-0.2, -0.15) is 19.3 Å². The molecular formula is C19H16F2N6O. The fraction of sp³-hybridized carbons (Fsp3) is 0.263. The van der Waals surface area contributed by atoms with E-state index in [9.17, 15) is 8.78 Å². The summed E-state index contributed by atoms with van der Waals surface area (Å²) in [6.45, 7) is 1.44. The van der Waals surface area contributed by atoms with Crippen LogP contribution in [0.1, 0.15) is 0 Å².